The Hall–Kier alpha value is -2.34. The van der Waals surface area contributed by atoms with Crippen LogP contribution in [0.3, 0.4) is 0 Å². The first-order chi connectivity index (χ1) is 10.8. The van der Waals surface area contributed by atoms with Gasteiger partial charge in [0.1, 0.15) is 5.75 Å². The zero-order chi connectivity index (χ0) is 17.0. The van der Waals surface area contributed by atoms with Crippen LogP contribution in [0.2, 0.25) is 0 Å². The van der Waals surface area contributed by atoms with E-state index in [4.69, 9.17) is 4.74 Å². The van der Waals surface area contributed by atoms with E-state index >= 15 is 0 Å². The number of methoxy groups -OCH3 is 1. The highest BCUT2D eigenvalue weighted by Gasteiger charge is 2.16. The Morgan fingerprint density at radius 1 is 1.09 bits per heavy atom. The van der Waals surface area contributed by atoms with E-state index in [1.165, 1.54) is 0 Å². The van der Waals surface area contributed by atoms with Crippen molar-refractivity contribution in [3.63, 3.8) is 0 Å². The summed E-state index contributed by atoms with van der Waals surface area (Å²) in [6.07, 6.45) is 0. The fraction of sp³-hybridized carbons (Fsp3) is 0.235. The molecular weight excluding hydrogens is 312 g/mol. The number of sulfonamides is 1. The summed E-state index contributed by atoms with van der Waals surface area (Å²) in [5.74, 6) is 0.734. The third kappa shape index (κ3) is 4.10. The smallest absolute Gasteiger partial charge is 0.276 e. The average molecular weight is 332 g/mol. The molecule has 2 aromatic rings. The van der Waals surface area contributed by atoms with E-state index in [2.05, 4.69) is 9.93 Å². The molecule has 2 rings (SSSR count). The minimum Gasteiger partial charge on any atom is -0.497 e. The number of benzene rings is 2. The monoisotopic (exact) mass is 332 g/mol. The summed E-state index contributed by atoms with van der Waals surface area (Å²) in [7, 11) is -2.10. The van der Waals surface area contributed by atoms with Gasteiger partial charge in [-0.1, -0.05) is 12.1 Å². The maximum atomic E-state index is 12.4. The molecule has 122 valence electrons. The van der Waals surface area contributed by atoms with Gasteiger partial charge in [-0.15, -0.1) is 0 Å². The van der Waals surface area contributed by atoms with Crippen molar-refractivity contribution >= 4 is 15.7 Å². The Morgan fingerprint density at radius 2 is 1.74 bits per heavy atom. The van der Waals surface area contributed by atoms with E-state index in [0.29, 0.717) is 11.3 Å². The highest BCUT2D eigenvalue weighted by molar-refractivity contribution is 7.89. The predicted molar refractivity (Wildman–Crippen MR) is 91.4 cm³/mol. The van der Waals surface area contributed by atoms with Crippen LogP contribution in [0.15, 0.2) is 52.5 Å². The van der Waals surface area contributed by atoms with Crippen LogP contribution in [0.5, 0.6) is 5.75 Å². The van der Waals surface area contributed by atoms with Gasteiger partial charge in [-0.2, -0.15) is 18.4 Å². The van der Waals surface area contributed by atoms with Crippen LogP contribution in [0, 0.1) is 13.8 Å². The van der Waals surface area contributed by atoms with Gasteiger partial charge in [0, 0.05) is 0 Å². The van der Waals surface area contributed by atoms with E-state index in [1.54, 1.807) is 45.2 Å². The summed E-state index contributed by atoms with van der Waals surface area (Å²) in [4.78, 5) is 2.54. The molecule has 0 bridgehead atoms. The number of rotatable bonds is 5. The van der Waals surface area contributed by atoms with E-state index in [1.807, 2.05) is 25.1 Å². The average Bonchev–Trinajstić information content (AvgIpc) is 2.55. The first kappa shape index (κ1) is 17.0. The maximum absolute atomic E-state index is 12.4. The minimum atomic E-state index is -3.69. The highest BCUT2D eigenvalue weighted by Crippen LogP contribution is 2.17. The second-order valence-corrected chi connectivity index (χ2v) is 6.92. The number of nitrogens with one attached hydrogen (secondary N) is 1. The molecule has 0 aliphatic rings. The molecule has 0 aromatic heterocycles. The van der Waals surface area contributed by atoms with Crippen LogP contribution in [0.4, 0.5) is 0 Å². The summed E-state index contributed by atoms with van der Waals surface area (Å²) < 4.78 is 29.9. The summed E-state index contributed by atoms with van der Waals surface area (Å²) in [5.41, 5.74) is 2.95. The lowest BCUT2D eigenvalue weighted by Gasteiger charge is -2.09. The van der Waals surface area contributed by atoms with Crippen LogP contribution >= 0.6 is 0 Å². The van der Waals surface area contributed by atoms with Crippen molar-refractivity contribution in [1.82, 2.24) is 4.83 Å². The van der Waals surface area contributed by atoms with Gasteiger partial charge < -0.3 is 4.74 Å². The van der Waals surface area contributed by atoms with Gasteiger partial charge in [0.05, 0.1) is 17.7 Å². The van der Waals surface area contributed by atoms with Crippen molar-refractivity contribution in [2.75, 3.05) is 7.11 Å². The molecule has 0 radical (unpaired) electrons. The summed E-state index contributed by atoms with van der Waals surface area (Å²) in [5, 5.41) is 4.01. The lowest BCUT2D eigenvalue weighted by atomic mass is 10.1. The third-order valence-electron chi connectivity index (χ3n) is 3.47. The first-order valence-electron chi connectivity index (χ1n) is 7.11. The molecule has 6 heteroatoms. The van der Waals surface area contributed by atoms with Gasteiger partial charge in [0.15, 0.2) is 0 Å². The predicted octanol–water partition coefficient (Wildman–Crippen LogP) is 3.01. The van der Waals surface area contributed by atoms with E-state index < -0.39 is 10.0 Å². The van der Waals surface area contributed by atoms with Crippen LogP contribution in [0.25, 0.3) is 0 Å². The molecule has 2 aromatic carbocycles. The topological polar surface area (TPSA) is 67.8 Å². The molecule has 0 spiro atoms. The molecule has 0 heterocycles. The lowest BCUT2D eigenvalue weighted by Crippen LogP contribution is -2.21. The van der Waals surface area contributed by atoms with Gasteiger partial charge in [0.25, 0.3) is 10.0 Å². The Balaban J connectivity index is 2.24. The number of hydrogen-bond acceptors (Lipinski definition) is 4. The Kier molecular flexibility index (Phi) is 5.05. The quantitative estimate of drug-likeness (QED) is 0.676. The van der Waals surface area contributed by atoms with Gasteiger partial charge in [-0.3, -0.25) is 0 Å². The van der Waals surface area contributed by atoms with Crippen molar-refractivity contribution in [3.8, 4) is 5.75 Å². The third-order valence-corrected chi connectivity index (χ3v) is 4.82. The maximum Gasteiger partial charge on any atom is 0.276 e. The molecule has 0 unspecified atom stereocenters. The molecule has 0 fully saturated rings. The minimum absolute atomic E-state index is 0.240. The number of hydrazone groups is 1. The van der Waals surface area contributed by atoms with Crippen LogP contribution in [-0.2, 0) is 10.0 Å². The number of aryl methyl sites for hydroxylation is 2. The van der Waals surface area contributed by atoms with Crippen LogP contribution < -0.4 is 9.57 Å². The normalized spacial score (nSPS) is 12.1. The Labute approximate surface area is 137 Å². The molecule has 0 saturated carbocycles. The molecule has 0 saturated heterocycles. The Morgan fingerprint density at radius 3 is 2.35 bits per heavy atom. The molecule has 0 amide bonds. The highest BCUT2D eigenvalue weighted by atomic mass is 32.2. The van der Waals surface area contributed by atoms with Gasteiger partial charge >= 0.3 is 0 Å². The fourth-order valence-electron chi connectivity index (χ4n) is 2.07. The summed E-state index contributed by atoms with van der Waals surface area (Å²) >= 11 is 0. The molecular formula is C17H20N2O3S. The van der Waals surface area contributed by atoms with Crippen molar-refractivity contribution in [1.29, 1.82) is 0 Å². The fourth-order valence-corrected chi connectivity index (χ4v) is 3.26. The zero-order valence-electron chi connectivity index (χ0n) is 13.6. The zero-order valence-corrected chi connectivity index (χ0v) is 14.4. The molecule has 0 aliphatic heterocycles. The molecule has 0 aliphatic carbocycles. The molecule has 1 N–H and O–H groups in total. The van der Waals surface area contributed by atoms with Crippen molar-refractivity contribution in [3.05, 3.63) is 59.2 Å². The van der Waals surface area contributed by atoms with Crippen molar-refractivity contribution < 1.29 is 13.2 Å². The molecule has 0 atom stereocenters. The lowest BCUT2D eigenvalue weighted by molar-refractivity contribution is 0.415. The summed E-state index contributed by atoms with van der Waals surface area (Å²) in [6.45, 7) is 5.35. The largest absolute Gasteiger partial charge is 0.497 e. The Bertz CT molecular complexity index is 825. The van der Waals surface area contributed by atoms with Gasteiger partial charge in [0.2, 0.25) is 0 Å². The second-order valence-electron chi connectivity index (χ2n) is 5.29. The first-order valence-corrected chi connectivity index (χ1v) is 8.59. The van der Waals surface area contributed by atoms with E-state index in [9.17, 15) is 8.42 Å². The van der Waals surface area contributed by atoms with Crippen LogP contribution in [-0.4, -0.2) is 21.2 Å². The van der Waals surface area contributed by atoms with E-state index in [0.717, 1.165) is 16.9 Å². The number of hydrogen-bond donors (Lipinski definition) is 1. The summed E-state index contributed by atoms with van der Waals surface area (Å²) in [6, 6.07) is 12.5. The van der Waals surface area contributed by atoms with E-state index in [-0.39, 0.29) is 4.90 Å². The molecule has 5 nitrogen and oxygen atoms in total. The van der Waals surface area contributed by atoms with Crippen molar-refractivity contribution in [2.45, 2.75) is 25.7 Å². The second kappa shape index (κ2) is 6.83. The molecule has 23 heavy (non-hydrogen) atoms. The number of nitrogens with zero attached hydrogens (tertiary/aromatic N) is 1. The number of ether oxygens (including phenoxy) is 1. The standard InChI is InChI=1S/C17H20N2O3S/c1-12-5-6-13(2)17(11-12)23(20,21)19-18-14(3)15-7-9-16(22-4)10-8-15/h5-11,19H,1-4H3/b18-14+. The van der Waals surface area contributed by atoms with Gasteiger partial charge in [-0.05, 0) is 67.8 Å². The van der Waals surface area contributed by atoms with Gasteiger partial charge in [-0.25, -0.2) is 0 Å². The SMILES string of the molecule is COc1ccc(/C(C)=N/NS(=O)(=O)c2cc(C)ccc2C)cc1. The van der Waals surface area contributed by atoms with Crippen molar-refractivity contribution in [2.24, 2.45) is 5.10 Å². The van der Waals surface area contributed by atoms with Crippen LogP contribution in [0.1, 0.15) is 23.6 Å².